The fourth-order valence-corrected chi connectivity index (χ4v) is 7.08. The van der Waals surface area contributed by atoms with Crippen molar-refractivity contribution in [3.63, 3.8) is 0 Å². The van der Waals surface area contributed by atoms with Crippen LogP contribution in [0.4, 0.5) is 0 Å². The summed E-state index contributed by atoms with van der Waals surface area (Å²) in [7, 11) is 0. The summed E-state index contributed by atoms with van der Waals surface area (Å²) in [4.78, 5) is 13.0. The molecule has 1 unspecified atom stereocenters. The molecule has 282 valence electrons. The molecule has 3 aromatic carbocycles. The maximum Gasteiger partial charge on any atom is 0.220 e. The van der Waals surface area contributed by atoms with E-state index in [0.717, 1.165) is 42.4 Å². The Balaban J connectivity index is 1.49. The van der Waals surface area contributed by atoms with Crippen LogP contribution in [0.2, 0.25) is 0 Å². The lowest BCUT2D eigenvalue weighted by Gasteiger charge is -2.37. The van der Waals surface area contributed by atoms with Gasteiger partial charge in [-0.2, -0.15) is 0 Å². The van der Waals surface area contributed by atoms with Crippen LogP contribution in [0.25, 0.3) is 0 Å². The molecule has 0 aliphatic carbocycles. The molecule has 51 heavy (non-hydrogen) atoms. The molecular weight excluding hydrogens is 627 g/mol. The van der Waals surface area contributed by atoms with Gasteiger partial charge in [-0.25, -0.2) is 0 Å². The number of benzene rings is 3. The molecule has 0 fully saturated rings. The van der Waals surface area contributed by atoms with Gasteiger partial charge < -0.3 is 14.8 Å². The zero-order valence-electron chi connectivity index (χ0n) is 32.4. The van der Waals surface area contributed by atoms with E-state index in [9.17, 15) is 4.79 Å². The smallest absolute Gasteiger partial charge is 0.220 e. The molecule has 0 aliphatic rings. The lowest BCUT2D eigenvalue weighted by atomic mass is 9.80. The first kappa shape index (κ1) is 42.5. The van der Waals surface area contributed by atoms with Gasteiger partial charge >= 0.3 is 0 Å². The molecule has 0 saturated heterocycles. The number of carbonyl (C=O) groups excluding carboxylic acids is 1. The van der Waals surface area contributed by atoms with Crippen molar-refractivity contribution in [1.82, 2.24) is 5.32 Å². The van der Waals surface area contributed by atoms with E-state index >= 15 is 0 Å². The van der Waals surface area contributed by atoms with Gasteiger partial charge in [-0.3, -0.25) is 4.79 Å². The number of amides is 1. The molecule has 0 aliphatic heterocycles. The number of carbonyl (C=O) groups is 1. The molecule has 0 heterocycles. The van der Waals surface area contributed by atoms with Crippen LogP contribution in [-0.2, 0) is 19.9 Å². The Labute approximate surface area is 312 Å². The molecule has 0 radical (unpaired) electrons. The van der Waals surface area contributed by atoms with Crippen LogP contribution in [-0.4, -0.2) is 31.8 Å². The second-order valence-corrected chi connectivity index (χ2v) is 14.5. The summed E-state index contributed by atoms with van der Waals surface area (Å²) >= 11 is 0. The van der Waals surface area contributed by atoms with Crippen LogP contribution >= 0.6 is 0 Å². The van der Waals surface area contributed by atoms with E-state index < -0.39 is 5.60 Å². The van der Waals surface area contributed by atoms with Gasteiger partial charge in [0.1, 0.15) is 5.60 Å². The Bertz CT molecular complexity index is 1140. The van der Waals surface area contributed by atoms with Crippen LogP contribution in [0.1, 0.15) is 165 Å². The maximum atomic E-state index is 13.0. The van der Waals surface area contributed by atoms with Gasteiger partial charge in [0.05, 0.1) is 12.7 Å². The number of unbranched alkanes of at least 4 members (excludes halogenated alkanes) is 18. The third-order valence-corrected chi connectivity index (χ3v) is 10.2. The van der Waals surface area contributed by atoms with Crippen LogP contribution in [0.15, 0.2) is 91.0 Å². The van der Waals surface area contributed by atoms with Gasteiger partial charge in [0, 0.05) is 19.6 Å². The summed E-state index contributed by atoms with van der Waals surface area (Å²) in [5.74, 6) is 0.113. The Morgan fingerprint density at radius 3 is 1.31 bits per heavy atom. The molecule has 1 atom stereocenters. The Morgan fingerprint density at radius 2 is 0.902 bits per heavy atom. The predicted octanol–water partition coefficient (Wildman–Crippen LogP) is 12.7. The van der Waals surface area contributed by atoms with Crippen LogP contribution in [0.5, 0.6) is 0 Å². The van der Waals surface area contributed by atoms with E-state index in [1.165, 1.54) is 103 Å². The Morgan fingerprint density at radius 1 is 0.529 bits per heavy atom. The summed E-state index contributed by atoms with van der Waals surface area (Å²) in [6.45, 7) is 5.99. The van der Waals surface area contributed by atoms with E-state index in [4.69, 9.17) is 9.47 Å². The second-order valence-electron chi connectivity index (χ2n) is 14.5. The molecule has 4 nitrogen and oxygen atoms in total. The highest BCUT2D eigenvalue weighted by Gasteiger charge is 2.38. The highest BCUT2D eigenvalue weighted by atomic mass is 16.5. The van der Waals surface area contributed by atoms with Gasteiger partial charge in [0.25, 0.3) is 0 Å². The summed E-state index contributed by atoms with van der Waals surface area (Å²) in [6, 6.07) is 31.4. The lowest BCUT2D eigenvalue weighted by molar-refractivity contribution is -0.122. The highest BCUT2D eigenvalue weighted by Crippen LogP contribution is 2.40. The summed E-state index contributed by atoms with van der Waals surface area (Å²) in [6.07, 6.45) is 26.1. The largest absolute Gasteiger partial charge is 0.374 e. The normalized spacial score (nSPS) is 12.2. The molecule has 0 aromatic heterocycles. The van der Waals surface area contributed by atoms with Crippen molar-refractivity contribution in [2.45, 2.75) is 160 Å². The molecular formula is C47H71NO3. The van der Waals surface area contributed by atoms with E-state index in [1.807, 2.05) is 18.2 Å². The Hall–Kier alpha value is -2.95. The number of hydrogen-bond acceptors (Lipinski definition) is 3. The van der Waals surface area contributed by atoms with Crippen molar-refractivity contribution in [2.75, 3.05) is 19.8 Å². The number of hydrogen-bond donors (Lipinski definition) is 1. The quantitative estimate of drug-likeness (QED) is 0.0538. The lowest BCUT2D eigenvalue weighted by Crippen LogP contribution is -2.41. The SMILES string of the molecule is CCCCCCCCCCCCCCCCCC(=O)NCC(COC(c1ccccc1)(c1ccccc1)c1ccccc1)OCCCCCCC. The van der Waals surface area contributed by atoms with Crippen molar-refractivity contribution < 1.29 is 14.3 Å². The first-order valence-corrected chi connectivity index (χ1v) is 20.9. The van der Waals surface area contributed by atoms with Gasteiger partial charge in [-0.05, 0) is 29.5 Å². The van der Waals surface area contributed by atoms with Gasteiger partial charge in [0.2, 0.25) is 5.91 Å². The van der Waals surface area contributed by atoms with Crippen molar-refractivity contribution in [3.8, 4) is 0 Å². The predicted molar refractivity (Wildman–Crippen MR) is 216 cm³/mol. The van der Waals surface area contributed by atoms with Gasteiger partial charge in [-0.1, -0.05) is 220 Å². The first-order chi connectivity index (χ1) is 25.2. The fraction of sp³-hybridized carbons (Fsp3) is 0.596. The van der Waals surface area contributed by atoms with E-state index in [-0.39, 0.29) is 12.0 Å². The first-order valence-electron chi connectivity index (χ1n) is 20.9. The standard InChI is InChI=1S/C47H71NO3/c1-3-5-7-9-10-11-12-13-14-15-16-17-18-19-30-38-46(49)48-40-45(50-39-31-20-8-6-4-2)41-51-47(42-32-24-21-25-33-42,43-34-26-22-27-35-43)44-36-28-23-29-37-44/h21-29,32-37,45H,3-20,30-31,38-41H2,1-2H3,(H,48,49). The average molecular weight is 698 g/mol. The van der Waals surface area contributed by atoms with Crippen LogP contribution in [0.3, 0.4) is 0 Å². The maximum absolute atomic E-state index is 13.0. The van der Waals surface area contributed by atoms with Gasteiger partial charge in [0.15, 0.2) is 0 Å². The summed E-state index contributed by atoms with van der Waals surface area (Å²) in [5, 5.41) is 3.21. The van der Waals surface area contributed by atoms with Crippen molar-refractivity contribution in [1.29, 1.82) is 0 Å². The van der Waals surface area contributed by atoms with E-state index in [2.05, 4.69) is 92.0 Å². The zero-order valence-corrected chi connectivity index (χ0v) is 32.4. The Kier molecular flexibility index (Phi) is 23.0. The molecule has 1 N–H and O–H groups in total. The minimum Gasteiger partial charge on any atom is -0.374 e. The summed E-state index contributed by atoms with van der Waals surface area (Å²) in [5.41, 5.74) is 2.39. The van der Waals surface area contributed by atoms with Gasteiger partial charge in [-0.15, -0.1) is 0 Å². The van der Waals surface area contributed by atoms with Crippen molar-refractivity contribution >= 4 is 5.91 Å². The molecule has 3 rings (SSSR count). The highest BCUT2D eigenvalue weighted by molar-refractivity contribution is 5.75. The summed E-state index contributed by atoms with van der Waals surface area (Å²) < 4.78 is 13.6. The molecule has 3 aromatic rings. The minimum atomic E-state index is -0.815. The topological polar surface area (TPSA) is 47.6 Å². The van der Waals surface area contributed by atoms with E-state index in [0.29, 0.717) is 26.2 Å². The monoisotopic (exact) mass is 698 g/mol. The third kappa shape index (κ3) is 17.0. The van der Waals surface area contributed by atoms with Crippen LogP contribution < -0.4 is 5.32 Å². The third-order valence-electron chi connectivity index (χ3n) is 10.2. The van der Waals surface area contributed by atoms with Crippen LogP contribution in [0, 0.1) is 0 Å². The van der Waals surface area contributed by atoms with Crippen molar-refractivity contribution in [3.05, 3.63) is 108 Å². The number of ether oxygens (including phenoxy) is 2. The fourth-order valence-electron chi connectivity index (χ4n) is 7.08. The molecule has 0 spiro atoms. The van der Waals surface area contributed by atoms with E-state index in [1.54, 1.807) is 0 Å². The number of nitrogens with one attached hydrogen (secondary N) is 1. The molecule has 4 heteroatoms. The zero-order chi connectivity index (χ0) is 36.1. The molecule has 1 amide bonds. The van der Waals surface area contributed by atoms with Crippen molar-refractivity contribution in [2.24, 2.45) is 0 Å². The number of rotatable bonds is 31. The minimum absolute atomic E-state index is 0.113. The molecule has 0 saturated carbocycles. The second kappa shape index (κ2) is 27.7. The molecule has 0 bridgehead atoms. The average Bonchev–Trinajstić information content (AvgIpc) is 3.18.